The Morgan fingerprint density at radius 1 is 1.42 bits per heavy atom. The van der Waals surface area contributed by atoms with Gasteiger partial charge in [0.05, 0.1) is 10.0 Å². The third-order valence-electron chi connectivity index (χ3n) is 1.39. The normalized spacial score (nSPS) is 10.0. The molecule has 0 aliphatic carbocycles. The first-order valence-electron chi connectivity index (χ1n) is 3.18. The fraction of sp³-hybridized carbons (Fsp3) is 0.125. The summed E-state index contributed by atoms with van der Waals surface area (Å²) in [5, 5.41) is 0.818. The van der Waals surface area contributed by atoms with Crippen LogP contribution in [0.2, 0.25) is 10.0 Å². The van der Waals surface area contributed by atoms with E-state index in [0.29, 0.717) is 20.1 Å². The molecule has 1 rings (SSSR count). The molecule has 0 aliphatic heterocycles. The highest BCUT2D eigenvalue weighted by atomic mass is 79.9. The van der Waals surface area contributed by atoms with E-state index in [1.54, 1.807) is 12.1 Å². The number of carbonyl (C=O) groups is 1. The zero-order valence-corrected chi connectivity index (χ0v) is 9.29. The monoisotopic (exact) mass is 266 g/mol. The molecule has 0 unspecified atom stereocenters. The van der Waals surface area contributed by atoms with E-state index in [9.17, 15) is 4.79 Å². The largest absolute Gasteiger partial charge is 0.295 e. The van der Waals surface area contributed by atoms with E-state index in [2.05, 4.69) is 15.9 Å². The molecule has 0 saturated carbocycles. The smallest absolute Gasteiger partial charge is 0.159 e. The molecule has 0 radical (unpaired) electrons. The van der Waals surface area contributed by atoms with Gasteiger partial charge in [-0.05, 0) is 35.0 Å². The van der Waals surface area contributed by atoms with Crippen molar-refractivity contribution < 1.29 is 4.79 Å². The molecule has 0 heterocycles. The molecular weight excluding hydrogens is 263 g/mol. The average Bonchev–Trinajstić information content (AvgIpc) is 1.99. The fourth-order valence-electron chi connectivity index (χ4n) is 0.759. The molecule has 0 saturated heterocycles. The van der Waals surface area contributed by atoms with Gasteiger partial charge in [-0.1, -0.05) is 23.2 Å². The Kier molecular flexibility index (Phi) is 3.16. The molecule has 0 aliphatic rings. The van der Waals surface area contributed by atoms with Gasteiger partial charge >= 0.3 is 0 Å². The molecule has 64 valence electrons. The van der Waals surface area contributed by atoms with E-state index in [0.717, 1.165) is 0 Å². The number of halogens is 3. The summed E-state index contributed by atoms with van der Waals surface area (Å²) in [5.74, 6) is -0.0331. The van der Waals surface area contributed by atoms with Gasteiger partial charge in [0.1, 0.15) is 0 Å². The number of hydrogen-bond acceptors (Lipinski definition) is 1. The van der Waals surface area contributed by atoms with E-state index in [1.807, 2.05) is 0 Å². The Hall–Kier alpha value is -0.0500. The van der Waals surface area contributed by atoms with E-state index in [-0.39, 0.29) is 5.78 Å². The molecule has 1 aromatic carbocycles. The highest BCUT2D eigenvalue weighted by Gasteiger charge is 2.07. The number of benzene rings is 1. The van der Waals surface area contributed by atoms with Gasteiger partial charge < -0.3 is 0 Å². The number of ketones is 1. The molecule has 0 bridgehead atoms. The van der Waals surface area contributed by atoms with Crippen molar-refractivity contribution in [3.63, 3.8) is 0 Å². The maximum absolute atomic E-state index is 10.9. The minimum Gasteiger partial charge on any atom is -0.295 e. The van der Waals surface area contributed by atoms with E-state index >= 15 is 0 Å². The van der Waals surface area contributed by atoms with Crippen LogP contribution in [0.4, 0.5) is 0 Å². The summed E-state index contributed by atoms with van der Waals surface area (Å²) in [6, 6.07) is 3.20. The molecule has 4 heteroatoms. The van der Waals surface area contributed by atoms with Crippen LogP contribution in [0.3, 0.4) is 0 Å². The lowest BCUT2D eigenvalue weighted by molar-refractivity contribution is 0.101. The minimum atomic E-state index is -0.0331. The van der Waals surface area contributed by atoms with E-state index < -0.39 is 0 Å². The summed E-state index contributed by atoms with van der Waals surface area (Å²) in [7, 11) is 0. The van der Waals surface area contributed by atoms with Gasteiger partial charge in [-0.25, -0.2) is 0 Å². The second-order valence-electron chi connectivity index (χ2n) is 2.31. The SMILES string of the molecule is CC(=O)c1cc(Cl)c(Cl)c(Br)c1. The molecule has 0 fully saturated rings. The van der Waals surface area contributed by atoms with Crippen molar-refractivity contribution in [2.45, 2.75) is 6.92 Å². The van der Waals surface area contributed by atoms with Gasteiger partial charge in [-0.15, -0.1) is 0 Å². The van der Waals surface area contributed by atoms with Gasteiger partial charge in [0.2, 0.25) is 0 Å². The molecule has 0 aromatic heterocycles. The first kappa shape index (κ1) is 10.0. The number of carbonyl (C=O) groups excluding carboxylic acids is 1. The first-order valence-corrected chi connectivity index (χ1v) is 4.72. The molecule has 0 atom stereocenters. The molecule has 1 nitrogen and oxygen atoms in total. The molecular formula is C8H5BrCl2O. The lowest BCUT2D eigenvalue weighted by atomic mass is 10.1. The van der Waals surface area contributed by atoms with Crippen molar-refractivity contribution in [2.75, 3.05) is 0 Å². The van der Waals surface area contributed by atoms with Crippen LogP contribution in [0.5, 0.6) is 0 Å². The first-order chi connectivity index (χ1) is 5.52. The van der Waals surface area contributed by atoms with Crippen molar-refractivity contribution in [3.8, 4) is 0 Å². The van der Waals surface area contributed by atoms with Gasteiger partial charge in [0.15, 0.2) is 5.78 Å². The predicted octanol–water partition coefficient (Wildman–Crippen LogP) is 3.96. The highest BCUT2D eigenvalue weighted by Crippen LogP contribution is 2.31. The Morgan fingerprint density at radius 2 is 2.00 bits per heavy atom. The maximum Gasteiger partial charge on any atom is 0.159 e. The van der Waals surface area contributed by atoms with E-state index in [1.165, 1.54) is 6.92 Å². The van der Waals surface area contributed by atoms with Crippen molar-refractivity contribution in [1.29, 1.82) is 0 Å². The number of Topliss-reactive ketones (excluding diaryl/α,β-unsaturated/α-hetero) is 1. The van der Waals surface area contributed by atoms with Gasteiger partial charge in [-0.3, -0.25) is 4.79 Å². The van der Waals surface area contributed by atoms with Gasteiger partial charge in [-0.2, -0.15) is 0 Å². The molecule has 0 amide bonds. The standard InChI is InChI=1S/C8H5BrCl2O/c1-4(12)5-2-6(9)8(11)7(10)3-5/h2-3H,1H3. The summed E-state index contributed by atoms with van der Waals surface area (Å²) in [5.41, 5.74) is 0.552. The summed E-state index contributed by atoms with van der Waals surface area (Å²) in [6.45, 7) is 1.48. The Bertz CT molecular complexity index is 313. The van der Waals surface area contributed by atoms with Crippen LogP contribution < -0.4 is 0 Å². The molecule has 0 spiro atoms. The van der Waals surface area contributed by atoms with Crippen LogP contribution >= 0.6 is 39.1 Å². The lowest BCUT2D eigenvalue weighted by Crippen LogP contribution is -1.91. The average molecular weight is 268 g/mol. The fourth-order valence-corrected chi connectivity index (χ4v) is 1.66. The van der Waals surface area contributed by atoms with Crippen molar-refractivity contribution in [2.24, 2.45) is 0 Å². The second kappa shape index (κ2) is 3.77. The maximum atomic E-state index is 10.9. The minimum absolute atomic E-state index is 0.0331. The van der Waals surface area contributed by atoms with Crippen LogP contribution in [0.25, 0.3) is 0 Å². The summed E-state index contributed by atoms with van der Waals surface area (Å²) in [4.78, 5) is 10.9. The zero-order chi connectivity index (χ0) is 9.30. The molecule has 1 aromatic rings. The topological polar surface area (TPSA) is 17.1 Å². The van der Waals surface area contributed by atoms with Gasteiger partial charge in [0, 0.05) is 10.0 Å². The Labute approximate surface area is 88.8 Å². The third kappa shape index (κ3) is 2.00. The van der Waals surface area contributed by atoms with Crippen LogP contribution in [0, 0.1) is 0 Å². The number of rotatable bonds is 1. The number of hydrogen-bond donors (Lipinski definition) is 0. The predicted molar refractivity (Wildman–Crippen MR) is 54.2 cm³/mol. The van der Waals surface area contributed by atoms with Crippen LogP contribution in [0.1, 0.15) is 17.3 Å². The highest BCUT2D eigenvalue weighted by molar-refractivity contribution is 9.10. The van der Waals surface area contributed by atoms with Crippen molar-refractivity contribution in [3.05, 3.63) is 32.2 Å². The summed E-state index contributed by atoms with van der Waals surface area (Å²) >= 11 is 14.7. The second-order valence-corrected chi connectivity index (χ2v) is 3.95. The summed E-state index contributed by atoms with van der Waals surface area (Å²) in [6.07, 6.45) is 0. The molecule has 12 heavy (non-hydrogen) atoms. The van der Waals surface area contributed by atoms with Crippen LogP contribution in [-0.2, 0) is 0 Å². The van der Waals surface area contributed by atoms with Crippen LogP contribution in [0.15, 0.2) is 16.6 Å². The summed E-state index contributed by atoms with van der Waals surface area (Å²) < 4.78 is 0.641. The lowest BCUT2D eigenvalue weighted by Gasteiger charge is -2.01. The van der Waals surface area contributed by atoms with Crippen LogP contribution in [-0.4, -0.2) is 5.78 Å². The van der Waals surface area contributed by atoms with Crippen molar-refractivity contribution >= 4 is 44.9 Å². The Balaban J connectivity index is 3.31. The zero-order valence-electron chi connectivity index (χ0n) is 6.20. The molecule has 0 N–H and O–H groups in total. The van der Waals surface area contributed by atoms with Crippen molar-refractivity contribution in [1.82, 2.24) is 0 Å². The van der Waals surface area contributed by atoms with Gasteiger partial charge in [0.25, 0.3) is 0 Å². The quantitative estimate of drug-likeness (QED) is 0.556. The van der Waals surface area contributed by atoms with E-state index in [4.69, 9.17) is 23.2 Å². The Morgan fingerprint density at radius 3 is 2.42 bits per heavy atom. The third-order valence-corrected chi connectivity index (χ3v) is 3.05.